The fraction of sp³-hybridized carbons (Fsp3) is 0.156. The van der Waals surface area contributed by atoms with Gasteiger partial charge in [-0.2, -0.15) is 0 Å². The first kappa shape index (κ1) is 30.7. The van der Waals surface area contributed by atoms with Crippen LogP contribution >= 0.6 is 0 Å². The summed E-state index contributed by atoms with van der Waals surface area (Å²) < 4.78 is 37.3. The number of ether oxygens (including phenoxy) is 3. The van der Waals surface area contributed by atoms with Crippen LogP contribution in [0, 0.1) is 0 Å². The Balaban J connectivity index is 1.14. The molecule has 0 unspecified atom stereocenters. The van der Waals surface area contributed by atoms with Gasteiger partial charge >= 0.3 is 11.9 Å². The van der Waals surface area contributed by atoms with E-state index in [1.54, 1.807) is 36.4 Å². The largest absolute Gasteiger partial charge is 0.493 e. The number of carbonyl (C=O) groups excluding carboxylic acids is 4. The predicted molar refractivity (Wildman–Crippen MR) is 161 cm³/mol. The SMILES string of the molecule is COC(=O)c1coc(-c2coc(-c3cc(OCCCN4C(=O)c5ccccc5C4=O)cc(-c4nc(-c5nc(C(=O)OC)co5)co4)n3)n2)n1. The summed E-state index contributed by atoms with van der Waals surface area (Å²) in [7, 11) is 2.44. The number of esters is 2. The predicted octanol–water partition coefficient (Wildman–Crippen LogP) is 4.34. The van der Waals surface area contributed by atoms with Crippen molar-refractivity contribution >= 4 is 23.8 Å². The zero-order chi connectivity index (χ0) is 34.1. The van der Waals surface area contributed by atoms with Crippen molar-refractivity contribution in [1.82, 2.24) is 29.8 Å². The number of nitrogens with zero attached hydrogens (tertiary/aromatic N) is 6. The van der Waals surface area contributed by atoms with E-state index in [-0.39, 0.29) is 82.7 Å². The standard InChI is InChI=1S/C32H22N6O11/c1-43-31(41)23-14-48-27(36-23)21-12-46-25(34-21)19-10-16(45-9-5-8-38-29(39)17-6-3-4-7-18(17)30(38)40)11-20(33-19)26-35-22(13-47-26)28-37-24(15-49-28)32(42)44-2/h3-4,6-7,10-15H,5,8-9H2,1-2H3. The van der Waals surface area contributed by atoms with E-state index in [9.17, 15) is 19.2 Å². The van der Waals surface area contributed by atoms with E-state index in [0.717, 1.165) is 12.5 Å². The fourth-order valence-electron chi connectivity index (χ4n) is 4.82. The van der Waals surface area contributed by atoms with E-state index in [1.165, 1.54) is 31.6 Å². The molecule has 1 aliphatic rings. The smallest absolute Gasteiger partial charge is 0.360 e. The second-order valence-corrected chi connectivity index (χ2v) is 10.2. The summed E-state index contributed by atoms with van der Waals surface area (Å²) in [6.07, 6.45) is 5.12. The number of rotatable bonds is 11. The van der Waals surface area contributed by atoms with E-state index in [0.29, 0.717) is 23.3 Å². The molecule has 0 fully saturated rings. The first-order valence-corrected chi connectivity index (χ1v) is 14.4. The van der Waals surface area contributed by atoms with Crippen LogP contribution in [0.4, 0.5) is 0 Å². The molecule has 0 N–H and O–H groups in total. The topological polar surface area (TPSA) is 216 Å². The number of carbonyl (C=O) groups is 4. The van der Waals surface area contributed by atoms with Crippen LogP contribution in [0.2, 0.25) is 0 Å². The van der Waals surface area contributed by atoms with Crippen molar-refractivity contribution in [3.8, 4) is 52.1 Å². The van der Waals surface area contributed by atoms with E-state index in [1.807, 2.05) is 0 Å². The Morgan fingerprint density at radius 2 is 1.12 bits per heavy atom. The lowest BCUT2D eigenvalue weighted by Gasteiger charge is -2.14. The van der Waals surface area contributed by atoms with Crippen molar-refractivity contribution in [3.05, 3.63) is 84.0 Å². The van der Waals surface area contributed by atoms with E-state index < -0.39 is 11.9 Å². The third kappa shape index (κ3) is 5.91. The average molecular weight is 667 g/mol. The molecule has 1 aliphatic heterocycles. The Hall–Kier alpha value is -6.91. The number of hydrogen-bond donors (Lipinski definition) is 0. The molecule has 17 heteroatoms. The van der Waals surface area contributed by atoms with Crippen molar-refractivity contribution in [2.24, 2.45) is 0 Å². The van der Waals surface area contributed by atoms with Gasteiger partial charge in [0.05, 0.1) is 32.0 Å². The lowest BCUT2D eigenvalue weighted by molar-refractivity contribution is 0.0585. The molecular weight excluding hydrogens is 644 g/mol. The molecule has 49 heavy (non-hydrogen) atoms. The van der Waals surface area contributed by atoms with E-state index >= 15 is 0 Å². The molecule has 246 valence electrons. The van der Waals surface area contributed by atoms with Crippen molar-refractivity contribution in [1.29, 1.82) is 0 Å². The number of imide groups is 1. The van der Waals surface area contributed by atoms with Crippen LogP contribution in [0.3, 0.4) is 0 Å². The highest BCUT2D eigenvalue weighted by Gasteiger charge is 2.34. The molecule has 17 nitrogen and oxygen atoms in total. The highest BCUT2D eigenvalue weighted by Crippen LogP contribution is 2.31. The van der Waals surface area contributed by atoms with Crippen molar-refractivity contribution in [2.75, 3.05) is 27.4 Å². The molecule has 0 saturated carbocycles. The van der Waals surface area contributed by atoms with Crippen LogP contribution in [0.25, 0.3) is 46.3 Å². The summed E-state index contributed by atoms with van der Waals surface area (Å²) in [5, 5.41) is 0. The van der Waals surface area contributed by atoms with Crippen LogP contribution < -0.4 is 4.74 Å². The third-order valence-corrected chi connectivity index (χ3v) is 7.15. The molecule has 7 rings (SSSR count). The molecular formula is C32H22N6O11. The zero-order valence-corrected chi connectivity index (χ0v) is 25.6. The first-order valence-electron chi connectivity index (χ1n) is 14.4. The number of oxazole rings is 4. The Morgan fingerprint density at radius 1 is 0.653 bits per heavy atom. The summed E-state index contributed by atoms with van der Waals surface area (Å²) in [5.41, 5.74) is 1.36. The number of methoxy groups -OCH3 is 2. The number of hydrogen-bond acceptors (Lipinski definition) is 16. The Morgan fingerprint density at radius 3 is 1.61 bits per heavy atom. The molecule has 2 amide bonds. The molecule has 6 heterocycles. The normalized spacial score (nSPS) is 12.3. The summed E-state index contributed by atoms with van der Waals surface area (Å²) in [6, 6.07) is 9.76. The van der Waals surface area contributed by atoms with Gasteiger partial charge in [-0.05, 0) is 18.6 Å². The number of amides is 2. The maximum Gasteiger partial charge on any atom is 0.360 e. The summed E-state index contributed by atoms with van der Waals surface area (Å²) >= 11 is 0. The van der Waals surface area contributed by atoms with Crippen LogP contribution in [0.15, 0.2) is 79.1 Å². The molecule has 5 aromatic heterocycles. The molecule has 0 aliphatic carbocycles. The van der Waals surface area contributed by atoms with Gasteiger partial charge in [0, 0.05) is 18.7 Å². The summed E-state index contributed by atoms with van der Waals surface area (Å²) in [4.78, 5) is 71.8. The molecule has 0 radical (unpaired) electrons. The maximum absolute atomic E-state index is 12.7. The zero-order valence-electron chi connectivity index (χ0n) is 25.6. The van der Waals surface area contributed by atoms with Gasteiger partial charge in [-0.3, -0.25) is 14.5 Å². The average Bonchev–Trinajstić information content (AvgIpc) is 3.97. The van der Waals surface area contributed by atoms with Crippen molar-refractivity contribution < 1.29 is 51.1 Å². The fourth-order valence-corrected chi connectivity index (χ4v) is 4.82. The Labute approximate surface area is 274 Å². The second-order valence-electron chi connectivity index (χ2n) is 10.2. The first-order chi connectivity index (χ1) is 23.8. The Kier molecular flexibility index (Phi) is 7.97. The monoisotopic (exact) mass is 666 g/mol. The van der Waals surface area contributed by atoms with Crippen LogP contribution in [0.5, 0.6) is 5.75 Å². The molecule has 6 aromatic rings. The van der Waals surface area contributed by atoms with Gasteiger partial charge < -0.3 is 31.9 Å². The van der Waals surface area contributed by atoms with Crippen molar-refractivity contribution in [2.45, 2.75) is 6.42 Å². The number of fused-ring (bicyclic) bond motifs is 1. The van der Waals surface area contributed by atoms with Gasteiger partial charge in [0.1, 0.15) is 42.2 Å². The quantitative estimate of drug-likeness (QED) is 0.107. The molecule has 0 bridgehead atoms. The van der Waals surface area contributed by atoms with Gasteiger partial charge in [-0.15, -0.1) is 0 Å². The molecule has 0 atom stereocenters. The van der Waals surface area contributed by atoms with Crippen LogP contribution in [0.1, 0.15) is 48.1 Å². The Bertz CT molecular complexity index is 2080. The molecule has 1 aromatic carbocycles. The highest BCUT2D eigenvalue weighted by atomic mass is 16.5. The van der Waals surface area contributed by atoms with Gasteiger partial charge in [-0.1, -0.05) is 12.1 Å². The van der Waals surface area contributed by atoms with Gasteiger partial charge in [0.25, 0.3) is 11.8 Å². The van der Waals surface area contributed by atoms with Gasteiger partial charge in [-0.25, -0.2) is 34.5 Å². The summed E-state index contributed by atoms with van der Waals surface area (Å²) in [6.45, 7) is 0.250. The number of benzene rings is 1. The highest BCUT2D eigenvalue weighted by molar-refractivity contribution is 6.21. The van der Waals surface area contributed by atoms with Crippen molar-refractivity contribution in [3.63, 3.8) is 0 Å². The number of pyridine rings is 1. The minimum Gasteiger partial charge on any atom is -0.493 e. The third-order valence-electron chi connectivity index (χ3n) is 7.15. The lowest BCUT2D eigenvalue weighted by atomic mass is 10.1. The number of aromatic nitrogens is 5. The maximum atomic E-state index is 12.7. The van der Waals surface area contributed by atoms with Gasteiger partial charge in [0.2, 0.25) is 23.6 Å². The van der Waals surface area contributed by atoms with Crippen LogP contribution in [-0.2, 0) is 9.47 Å². The minimum atomic E-state index is -0.686. The van der Waals surface area contributed by atoms with E-state index in [2.05, 4.69) is 34.4 Å². The molecule has 0 spiro atoms. The van der Waals surface area contributed by atoms with Gasteiger partial charge in [0.15, 0.2) is 22.8 Å². The van der Waals surface area contributed by atoms with Crippen LogP contribution in [-0.4, -0.2) is 80.9 Å². The molecule has 0 saturated heterocycles. The minimum absolute atomic E-state index is 0.00537. The second kappa shape index (κ2) is 12.7. The summed E-state index contributed by atoms with van der Waals surface area (Å²) in [5.74, 6) is -1.71. The van der Waals surface area contributed by atoms with E-state index in [4.69, 9.17) is 22.4 Å². The lowest BCUT2D eigenvalue weighted by Crippen LogP contribution is -2.31.